The minimum atomic E-state index is -1.37. The Morgan fingerprint density at radius 3 is 2.33 bits per heavy atom. The van der Waals surface area contributed by atoms with Gasteiger partial charge in [-0.3, -0.25) is 29.2 Å². The smallest absolute Gasteiger partial charge is 0.258 e. The zero-order valence-electron chi connectivity index (χ0n) is 26.8. The lowest BCUT2D eigenvalue weighted by atomic mass is 9.68. The van der Waals surface area contributed by atoms with Crippen molar-refractivity contribution in [2.75, 3.05) is 6.54 Å². The number of amides is 4. The van der Waals surface area contributed by atoms with E-state index in [1.165, 1.54) is 5.01 Å². The van der Waals surface area contributed by atoms with Gasteiger partial charge in [-0.2, -0.15) is 0 Å². The second kappa shape index (κ2) is 12.9. The van der Waals surface area contributed by atoms with Crippen molar-refractivity contribution in [2.24, 2.45) is 11.3 Å². The van der Waals surface area contributed by atoms with E-state index in [0.717, 1.165) is 16.5 Å². The topological polar surface area (TPSA) is 133 Å². The molecule has 1 saturated carbocycles. The minimum absolute atomic E-state index is 0.213. The van der Waals surface area contributed by atoms with Gasteiger partial charge in [-0.25, -0.2) is 9.82 Å². The van der Waals surface area contributed by atoms with Gasteiger partial charge in [0.05, 0.1) is 22.7 Å². The van der Waals surface area contributed by atoms with Gasteiger partial charge in [0.25, 0.3) is 5.91 Å². The molecular weight excluding hydrogens is 575 g/mol. The number of nitrogens with zero attached hydrogens (tertiary/aromatic N) is 2. The minimum Gasteiger partial charge on any atom is -0.347 e. The number of rotatable bonds is 1. The molecule has 4 N–H and O–H groups in total. The Kier molecular flexibility index (Phi) is 9.30. The Bertz CT molecular complexity index is 1500. The third kappa shape index (κ3) is 7.19. The number of alkyl halides is 1. The molecule has 10 nitrogen and oxygen atoms in total. The van der Waals surface area contributed by atoms with Gasteiger partial charge in [-0.1, -0.05) is 44.2 Å². The van der Waals surface area contributed by atoms with Gasteiger partial charge in [0, 0.05) is 11.9 Å². The van der Waals surface area contributed by atoms with E-state index in [-0.39, 0.29) is 36.5 Å². The van der Waals surface area contributed by atoms with Crippen LogP contribution in [0.25, 0.3) is 17.0 Å². The second-order valence-corrected chi connectivity index (χ2v) is 13.6. The predicted octanol–water partition coefficient (Wildman–Crippen LogP) is 3.87. The van der Waals surface area contributed by atoms with Crippen LogP contribution in [-0.2, 0) is 19.2 Å². The quantitative estimate of drug-likeness (QED) is 0.383. The van der Waals surface area contributed by atoms with Crippen molar-refractivity contribution >= 4 is 40.6 Å². The highest BCUT2D eigenvalue weighted by molar-refractivity contribution is 5.94. The standard InChI is InChI=1S/C34H45FN6O4/c1-20(2)28-30(43)37-22(4)31(44)41-18-6-7-26(40-41)29(42)36-21(3)25-11-10-24-9-8-23(19-27(24)38-25)12-13-34(32(45)39-28)16-14-33(5,35)15-17-34/h8-13,19-22,26,28,40H,6-7,14-18H2,1-5H3,(H,36,42)(H,37,43)(H,39,45)/b13-12+/t21-,22+,26+,28+,33?,34?/m1/s1. The highest BCUT2D eigenvalue weighted by Gasteiger charge is 2.45. The van der Waals surface area contributed by atoms with Crippen LogP contribution in [0.4, 0.5) is 4.39 Å². The number of halogens is 1. The first-order chi connectivity index (χ1) is 21.3. The molecule has 1 aromatic carbocycles. The number of hydrogen-bond donors (Lipinski definition) is 4. The lowest BCUT2D eigenvalue weighted by Crippen LogP contribution is -2.62. The summed E-state index contributed by atoms with van der Waals surface area (Å²) in [6, 6.07) is 6.83. The van der Waals surface area contributed by atoms with E-state index in [9.17, 15) is 23.6 Å². The number of aromatic nitrogens is 1. The monoisotopic (exact) mass is 620 g/mol. The van der Waals surface area contributed by atoms with Gasteiger partial charge in [-0.05, 0) is 82.9 Å². The van der Waals surface area contributed by atoms with Crippen molar-refractivity contribution in [3.05, 3.63) is 47.7 Å². The summed E-state index contributed by atoms with van der Waals surface area (Å²) < 4.78 is 15.0. The highest BCUT2D eigenvalue weighted by Crippen LogP contribution is 2.44. The van der Waals surface area contributed by atoms with Crippen molar-refractivity contribution in [3.8, 4) is 0 Å². The third-order valence-corrected chi connectivity index (χ3v) is 9.51. The van der Waals surface area contributed by atoms with Crippen LogP contribution in [-0.4, -0.2) is 64.0 Å². The van der Waals surface area contributed by atoms with Gasteiger partial charge in [0.1, 0.15) is 23.8 Å². The molecule has 1 aliphatic carbocycles. The first kappa shape index (κ1) is 32.5. The normalized spacial score (nSPS) is 32.7. The molecule has 2 fully saturated rings. The Morgan fingerprint density at radius 2 is 1.62 bits per heavy atom. The molecule has 5 bridgehead atoms. The Hall–Kier alpha value is -3.86. The first-order valence-corrected chi connectivity index (χ1v) is 16.1. The number of carbonyl (C=O) groups excluding carboxylic acids is 4. The average molecular weight is 621 g/mol. The zero-order chi connectivity index (χ0) is 32.5. The molecule has 0 unspecified atom stereocenters. The Morgan fingerprint density at radius 1 is 0.933 bits per heavy atom. The van der Waals surface area contributed by atoms with Gasteiger partial charge >= 0.3 is 0 Å². The maximum Gasteiger partial charge on any atom is 0.258 e. The zero-order valence-corrected chi connectivity index (χ0v) is 26.8. The van der Waals surface area contributed by atoms with Crippen molar-refractivity contribution in [3.63, 3.8) is 0 Å². The first-order valence-electron chi connectivity index (χ1n) is 16.1. The summed E-state index contributed by atoms with van der Waals surface area (Å²) in [5.41, 5.74) is 2.90. The molecule has 4 amide bonds. The van der Waals surface area contributed by atoms with E-state index in [4.69, 9.17) is 4.98 Å². The summed E-state index contributed by atoms with van der Waals surface area (Å²) >= 11 is 0. The van der Waals surface area contributed by atoms with E-state index < -0.39 is 41.2 Å². The Labute approximate surface area is 263 Å². The second-order valence-electron chi connectivity index (χ2n) is 13.6. The fraction of sp³-hybridized carbons (Fsp3) is 0.559. The molecule has 242 valence electrons. The number of pyridine rings is 1. The van der Waals surface area contributed by atoms with Crippen molar-refractivity contribution < 1.29 is 23.6 Å². The maximum atomic E-state index is 15.0. The third-order valence-electron chi connectivity index (χ3n) is 9.51. The maximum absolute atomic E-state index is 15.0. The molecule has 5 rings (SSSR count). The van der Waals surface area contributed by atoms with Crippen LogP contribution >= 0.6 is 0 Å². The fourth-order valence-electron chi connectivity index (χ4n) is 6.38. The van der Waals surface area contributed by atoms with Gasteiger partial charge in [0.15, 0.2) is 0 Å². The molecule has 4 atom stereocenters. The summed E-state index contributed by atoms with van der Waals surface area (Å²) in [6.45, 7) is 9.06. The number of fused-ring (bicyclic) bond motifs is 4. The van der Waals surface area contributed by atoms with E-state index in [2.05, 4.69) is 21.4 Å². The summed E-state index contributed by atoms with van der Waals surface area (Å²) in [5.74, 6) is -1.72. The summed E-state index contributed by atoms with van der Waals surface area (Å²) in [7, 11) is 0. The summed E-state index contributed by atoms with van der Waals surface area (Å²) in [4.78, 5) is 59.0. The molecule has 1 spiro atoms. The van der Waals surface area contributed by atoms with Crippen LogP contribution in [0, 0.1) is 11.3 Å². The molecule has 2 aliphatic heterocycles. The highest BCUT2D eigenvalue weighted by atomic mass is 19.1. The Balaban J connectivity index is 1.54. The largest absolute Gasteiger partial charge is 0.347 e. The van der Waals surface area contributed by atoms with Crippen LogP contribution in [0.5, 0.6) is 0 Å². The molecule has 1 saturated heterocycles. The summed E-state index contributed by atoms with van der Waals surface area (Å²) in [5, 5.41) is 11.1. The molecule has 0 radical (unpaired) electrons. The van der Waals surface area contributed by atoms with Crippen LogP contribution in [0.2, 0.25) is 0 Å². The van der Waals surface area contributed by atoms with E-state index in [1.807, 2.05) is 63.3 Å². The number of carbonyl (C=O) groups is 4. The molecular formula is C34H45FN6O4. The fourth-order valence-corrected chi connectivity index (χ4v) is 6.38. The van der Waals surface area contributed by atoms with Gasteiger partial charge < -0.3 is 16.0 Å². The molecule has 45 heavy (non-hydrogen) atoms. The van der Waals surface area contributed by atoms with Crippen LogP contribution in [0.1, 0.15) is 90.4 Å². The molecule has 1 aromatic heterocycles. The molecule has 3 aliphatic rings. The summed E-state index contributed by atoms with van der Waals surface area (Å²) in [6.07, 6.45) is 5.88. The van der Waals surface area contributed by atoms with E-state index >= 15 is 0 Å². The number of hydrazine groups is 1. The van der Waals surface area contributed by atoms with Gasteiger partial charge in [0.2, 0.25) is 17.7 Å². The molecule has 11 heteroatoms. The average Bonchev–Trinajstić information content (AvgIpc) is 3.01. The predicted molar refractivity (Wildman–Crippen MR) is 170 cm³/mol. The lowest BCUT2D eigenvalue weighted by molar-refractivity contribution is -0.143. The SMILES string of the molecule is CC(C)[C@@H]1NC(=O)C2(/C=C/c3ccc4ccc(nc4c3)[C@@H](C)NC(=O)[C@@H]3CCCN(N3)C(=O)[C@H](C)NC1=O)CCC(C)(F)CC2. The lowest BCUT2D eigenvalue weighted by Gasteiger charge is -2.40. The van der Waals surface area contributed by atoms with Crippen molar-refractivity contribution in [2.45, 2.75) is 103 Å². The van der Waals surface area contributed by atoms with E-state index in [1.54, 1.807) is 13.8 Å². The van der Waals surface area contributed by atoms with Crippen molar-refractivity contribution in [1.82, 2.24) is 31.4 Å². The molecule has 3 heterocycles. The van der Waals surface area contributed by atoms with Crippen LogP contribution in [0.15, 0.2) is 36.4 Å². The van der Waals surface area contributed by atoms with E-state index in [0.29, 0.717) is 37.9 Å². The van der Waals surface area contributed by atoms with Crippen LogP contribution < -0.4 is 21.4 Å². The number of nitrogens with one attached hydrogen (secondary N) is 4. The molecule has 2 aromatic rings. The number of benzene rings is 1. The van der Waals surface area contributed by atoms with Crippen LogP contribution in [0.3, 0.4) is 0 Å². The van der Waals surface area contributed by atoms with Crippen molar-refractivity contribution in [1.29, 1.82) is 0 Å². The number of hydrogen-bond acceptors (Lipinski definition) is 6. The van der Waals surface area contributed by atoms with Gasteiger partial charge in [-0.15, -0.1) is 0 Å².